The quantitative estimate of drug-likeness (QED) is 0.550. The summed E-state index contributed by atoms with van der Waals surface area (Å²) < 4.78 is 0. The number of rotatable bonds is 0. The lowest BCUT2D eigenvalue weighted by Gasteiger charge is -1.80. The van der Waals surface area contributed by atoms with E-state index in [1.165, 1.54) is 0 Å². The monoisotopic (exact) mass is 248 g/mol. The first kappa shape index (κ1) is 11.8. The number of hydrogen-bond acceptors (Lipinski definition) is 0. The summed E-state index contributed by atoms with van der Waals surface area (Å²) in [5.41, 5.74) is 0. The topological polar surface area (TPSA) is 0 Å². The van der Waals surface area contributed by atoms with Gasteiger partial charge in [-0.15, -0.1) is 0 Å². The minimum Gasteiger partial charge on any atom is -0.0843 e. The normalized spacial score (nSPS) is 8.82. The zero-order valence-corrected chi connectivity index (χ0v) is 9.26. The second-order valence-corrected chi connectivity index (χ2v) is 6.91. The molecular formula is C6H5Cl4P. The van der Waals surface area contributed by atoms with Crippen LogP contribution in [-0.2, 0) is 0 Å². The zero-order valence-electron chi connectivity index (χ0n) is 5.35. The van der Waals surface area contributed by atoms with Gasteiger partial charge < -0.3 is 0 Å². The first-order valence-corrected chi connectivity index (χ1v) is 7.04. The molecule has 62 valence electrons. The first-order valence-electron chi connectivity index (χ1n) is 2.61. The molecule has 0 atom stereocenters. The van der Waals surface area contributed by atoms with Crippen LogP contribution < -0.4 is 0 Å². The van der Waals surface area contributed by atoms with Crippen molar-refractivity contribution in [3.8, 4) is 0 Å². The molecule has 0 unspecified atom stereocenters. The van der Waals surface area contributed by atoms with E-state index in [1.54, 1.807) is 0 Å². The molecular weight excluding hydrogens is 245 g/mol. The molecule has 1 aromatic rings. The van der Waals surface area contributed by atoms with Crippen LogP contribution in [0.4, 0.5) is 0 Å². The Hall–Kier alpha value is 0.810. The van der Waals surface area contributed by atoms with Gasteiger partial charge in [0.25, 0.3) is 0 Å². The average molecular weight is 250 g/mol. The second kappa shape index (κ2) is 7.46. The molecule has 0 spiro atoms. The van der Waals surface area contributed by atoms with E-state index in [-0.39, 0.29) is 0 Å². The van der Waals surface area contributed by atoms with Gasteiger partial charge in [-0.3, -0.25) is 0 Å². The summed E-state index contributed by atoms with van der Waals surface area (Å²) in [6.45, 7) is 0. The Bertz CT molecular complexity index is 174. The van der Waals surface area contributed by atoms with Crippen molar-refractivity contribution in [2.75, 3.05) is 0 Å². The lowest BCUT2D eigenvalue weighted by molar-refractivity contribution is 1.71. The summed E-state index contributed by atoms with van der Waals surface area (Å²) in [6, 6.07) is 9.44. The minimum atomic E-state index is -1.20. The van der Waals surface area contributed by atoms with Crippen molar-refractivity contribution in [1.82, 2.24) is 0 Å². The van der Waals surface area contributed by atoms with E-state index in [2.05, 4.69) is 0 Å². The molecule has 0 aliphatic heterocycles. The molecule has 0 fully saturated rings. The van der Waals surface area contributed by atoms with Gasteiger partial charge in [-0.1, -0.05) is 63.5 Å². The maximum absolute atomic E-state index is 5.54. The van der Waals surface area contributed by atoms with E-state index in [0.29, 0.717) is 0 Å². The van der Waals surface area contributed by atoms with Crippen molar-refractivity contribution >= 4 is 51.3 Å². The predicted octanol–water partition coefficient (Wildman–Crippen LogP) is 5.27. The SMILES string of the molecule is ClP(Cl)Cl.Clc1ccccc1. The van der Waals surface area contributed by atoms with Crippen LogP contribution in [0.25, 0.3) is 0 Å². The molecule has 0 saturated heterocycles. The van der Waals surface area contributed by atoms with Gasteiger partial charge in [-0.25, -0.2) is 0 Å². The Labute approximate surface area is 86.5 Å². The Morgan fingerprint density at radius 2 is 1.27 bits per heavy atom. The van der Waals surface area contributed by atoms with Gasteiger partial charge in [0, 0.05) is 5.02 Å². The van der Waals surface area contributed by atoms with Crippen LogP contribution in [0.1, 0.15) is 0 Å². The first-order chi connectivity index (χ1) is 5.13. The van der Waals surface area contributed by atoms with E-state index in [4.69, 9.17) is 45.3 Å². The molecule has 0 radical (unpaired) electrons. The van der Waals surface area contributed by atoms with E-state index >= 15 is 0 Å². The van der Waals surface area contributed by atoms with E-state index in [1.807, 2.05) is 30.3 Å². The lowest BCUT2D eigenvalue weighted by Crippen LogP contribution is -1.55. The predicted molar refractivity (Wildman–Crippen MR) is 55.9 cm³/mol. The molecule has 0 bridgehead atoms. The van der Waals surface area contributed by atoms with Crippen LogP contribution in [0.2, 0.25) is 5.02 Å². The van der Waals surface area contributed by atoms with Crippen molar-refractivity contribution in [2.24, 2.45) is 0 Å². The minimum absolute atomic E-state index is 0.794. The fraction of sp³-hybridized carbons (Fsp3) is 0. The van der Waals surface area contributed by atoms with Crippen molar-refractivity contribution < 1.29 is 0 Å². The molecule has 0 N–H and O–H groups in total. The molecule has 11 heavy (non-hydrogen) atoms. The highest BCUT2D eigenvalue weighted by atomic mass is 36.0. The fourth-order valence-corrected chi connectivity index (χ4v) is 0.560. The molecule has 0 aliphatic carbocycles. The Morgan fingerprint density at radius 3 is 1.45 bits per heavy atom. The summed E-state index contributed by atoms with van der Waals surface area (Å²) >= 11 is 20.2. The Kier molecular flexibility index (Phi) is 8.01. The molecule has 0 nitrogen and oxygen atoms in total. The molecule has 0 aliphatic rings. The standard InChI is InChI=1S/C6H5Cl.Cl3P/c7-6-4-2-1-3-5-6;1-4(2)3/h1-5H;. The van der Waals surface area contributed by atoms with Crippen molar-refractivity contribution in [3.05, 3.63) is 35.4 Å². The molecule has 1 rings (SSSR count). The highest BCUT2D eigenvalue weighted by Crippen LogP contribution is 2.51. The number of hydrogen-bond donors (Lipinski definition) is 0. The highest BCUT2D eigenvalue weighted by Gasteiger charge is 1.80. The summed E-state index contributed by atoms with van der Waals surface area (Å²) in [4.78, 5) is 0. The van der Waals surface area contributed by atoms with Gasteiger partial charge >= 0.3 is 0 Å². The van der Waals surface area contributed by atoms with Crippen LogP contribution in [0.5, 0.6) is 0 Å². The van der Waals surface area contributed by atoms with Gasteiger partial charge in [-0.2, -0.15) is 0 Å². The summed E-state index contributed by atoms with van der Waals surface area (Å²) in [5.74, 6) is -1.20. The molecule has 1 aromatic carbocycles. The van der Waals surface area contributed by atoms with Crippen LogP contribution in [0.3, 0.4) is 0 Å². The molecule has 0 aromatic heterocycles. The Morgan fingerprint density at radius 1 is 0.909 bits per heavy atom. The van der Waals surface area contributed by atoms with Gasteiger partial charge in [0.1, 0.15) is 0 Å². The van der Waals surface area contributed by atoms with E-state index < -0.39 is 5.98 Å². The van der Waals surface area contributed by atoms with Crippen LogP contribution in [-0.4, -0.2) is 0 Å². The fourth-order valence-electron chi connectivity index (χ4n) is 0.415. The van der Waals surface area contributed by atoms with Gasteiger partial charge in [0.05, 0.1) is 0 Å². The van der Waals surface area contributed by atoms with E-state index in [9.17, 15) is 0 Å². The summed E-state index contributed by atoms with van der Waals surface area (Å²) in [6.07, 6.45) is 0. The van der Waals surface area contributed by atoms with Crippen LogP contribution in [0.15, 0.2) is 30.3 Å². The second-order valence-electron chi connectivity index (χ2n) is 1.49. The maximum Gasteiger partial charge on any atom is 0.179 e. The maximum atomic E-state index is 5.54. The van der Waals surface area contributed by atoms with Gasteiger partial charge in [-0.05, 0) is 12.1 Å². The summed E-state index contributed by atoms with van der Waals surface area (Å²) in [5, 5.41) is 0.794. The summed E-state index contributed by atoms with van der Waals surface area (Å²) in [7, 11) is 0. The van der Waals surface area contributed by atoms with E-state index in [0.717, 1.165) is 5.02 Å². The average Bonchev–Trinajstić information content (AvgIpc) is 1.87. The third kappa shape index (κ3) is 10.8. The lowest BCUT2D eigenvalue weighted by atomic mass is 10.4. The molecule has 5 heteroatoms. The van der Waals surface area contributed by atoms with Gasteiger partial charge in [0.15, 0.2) is 5.98 Å². The Balaban J connectivity index is 0.000000218. The van der Waals surface area contributed by atoms with Crippen molar-refractivity contribution in [1.29, 1.82) is 0 Å². The molecule has 0 saturated carbocycles. The van der Waals surface area contributed by atoms with Crippen LogP contribution >= 0.6 is 51.3 Å². The molecule has 0 amide bonds. The zero-order chi connectivity index (χ0) is 8.69. The number of benzene rings is 1. The smallest absolute Gasteiger partial charge is 0.0843 e. The van der Waals surface area contributed by atoms with Crippen molar-refractivity contribution in [2.45, 2.75) is 0 Å². The number of halogens is 4. The largest absolute Gasteiger partial charge is 0.179 e. The third-order valence-corrected chi connectivity index (χ3v) is 0.985. The third-order valence-electron chi connectivity index (χ3n) is 0.733. The van der Waals surface area contributed by atoms with Gasteiger partial charge in [0.2, 0.25) is 0 Å². The van der Waals surface area contributed by atoms with Crippen molar-refractivity contribution in [3.63, 3.8) is 0 Å². The molecule has 0 heterocycles. The van der Waals surface area contributed by atoms with Crippen LogP contribution in [0, 0.1) is 0 Å². The highest BCUT2D eigenvalue weighted by molar-refractivity contribution is 8.20.